The van der Waals surface area contributed by atoms with Gasteiger partial charge in [-0.2, -0.15) is 0 Å². The van der Waals surface area contributed by atoms with E-state index in [1.165, 1.54) is 9.47 Å². The van der Waals surface area contributed by atoms with Crippen LogP contribution >= 0.6 is 0 Å². The summed E-state index contributed by atoms with van der Waals surface area (Å²) in [7, 11) is 3.40. The fraction of sp³-hybridized carbons (Fsp3) is 0.273. The van der Waals surface area contributed by atoms with E-state index < -0.39 is 11.1 Å². The first kappa shape index (κ1) is 21.0. The van der Waals surface area contributed by atoms with Crippen molar-refractivity contribution >= 4 is 22.8 Å². The Kier molecular flexibility index (Phi) is 6.15. The molecule has 0 aliphatic rings. The van der Waals surface area contributed by atoms with Crippen LogP contribution in [-0.2, 0) is 13.0 Å². The van der Waals surface area contributed by atoms with Crippen LogP contribution in [0.2, 0.25) is 0 Å². The molecule has 8 nitrogen and oxygen atoms in total. The van der Waals surface area contributed by atoms with Gasteiger partial charge in [-0.3, -0.25) is 19.2 Å². The average Bonchev–Trinajstić information content (AvgIpc) is 2.74. The van der Waals surface area contributed by atoms with Crippen LogP contribution in [0.25, 0.3) is 11.0 Å². The van der Waals surface area contributed by atoms with Gasteiger partial charge in [0.25, 0.3) is 11.8 Å². The van der Waals surface area contributed by atoms with Crippen LogP contribution in [0.1, 0.15) is 33.2 Å². The summed E-state index contributed by atoms with van der Waals surface area (Å²) in [5.74, 6) is -0.357. The number of fused-ring (bicyclic) bond motifs is 1. The largest absolute Gasteiger partial charge is 0.352 e. The Balaban J connectivity index is 1.71. The highest BCUT2D eigenvalue weighted by Crippen LogP contribution is 2.12. The molecule has 0 aliphatic carbocycles. The number of hydrogen-bond donors (Lipinski definition) is 2. The van der Waals surface area contributed by atoms with Gasteiger partial charge >= 0.3 is 11.1 Å². The zero-order valence-electron chi connectivity index (χ0n) is 17.2. The summed E-state index contributed by atoms with van der Waals surface area (Å²) in [6.45, 7) is 2.53. The monoisotopic (exact) mass is 408 g/mol. The summed E-state index contributed by atoms with van der Waals surface area (Å²) in [4.78, 5) is 52.4. The molecule has 0 unspecified atom stereocenters. The molecule has 30 heavy (non-hydrogen) atoms. The third-order valence-corrected chi connectivity index (χ3v) is 4.83. The van der Waals surface area contributed by atoms with E-state index in [4.69, 9.17) is 0 Å². The van der Waals surface area contributed by atoms with Gasteiger partial charge < -0.3 is 19.8 Å². The lowest BCUT2D eigenvalue weighted by Crippen LogP contribution is -2.36. The number of nitrogens with zero attached hydrogens (tertiary/aromatic N) is 2. The highest BCUT2D eigenvalue weighted by Gasteiger charge is 2.11. The van der Waals surface area contributed by atoms with E-state index in [-0.39, 0.29) is 11.8 Å². The van der Waals surface area contributed by atoms with E-state index in [0.717, 1.165) is 5.56 Å². The first-order valence-electron chi connectivity index (χ1n) is 9.67. The Bertz CT molecular complexity index is 1220. The minimum atomic E-state index is -0.714. The molecule has 1 aromatic heterocycles. The molecule has 2 N–H and O–H groups in total. The molecule has 2 amide bonds. The van der Waals surface area contributed by atoms with Gasteiger partial charge in [0.15, 0.2) is 0 Å². The molecule has 3 rings (SSSR count). The highest BCUT2D eigenvalue weighted by atomic mass is 16.2. The van der Waals surface area contributed by atoms with Crippen molar-refractivity contribution in [2.24, 2.45) is 0 Å². The van der Waals surface area contributed by atoms with Crippen LogP contribution in [0.3, 0.4) is 0 Å². The number of nitrogens with one attached hydrogen (secondary N) is 2. The van der Waals surface area contributed by atoms with Crippen LogP contribution < -0.4 is 16.4 Å². The second-order valence-electron chi connectivity index (χ2n) is 7.14. The number of carbonyl (C=O) groups excluding carboxylic acids is 2. The van der Waals surface area contributed by atoms with E-state index in [9.17, 15) is 19.2 Å². The van der Waals surface area contributed by atoms with E-state index in [1.807, 2.05) is 18.2 Å². The van der Waals surface area contributed by atoms with Crippen molar-refractivity contribution in [1.82, 2.24) is 19.8 Å². The lowest BCUT2D eigenvalue weighted by atomic mass is 10.1. The fourth-order valence-electron chi connectivity index (χ4n) is 3.27. The predicted molar refractivity (Wildman–Crippen MR) is 115 cm³/mol. The first-order valence-corrected chi connectivity index (χ1v) is 9.67. The summed E-state index contributed by atoms with van der Waals surface area (Å²) >= 11 is 0. The van der Waals surface area contributed by atoms with Gasteiger partial charge in [-0.1, -0.05) is 12.1 Å². The lowest BCUT2D eigenvalue weighted by Gasteiger charge is -2.12. The maximum atomic E-state index is 12.5. The van der Waals surface area contributed by atoms with Gasteiger partial charge in [0, 0.05) is 38.3 Å². The van der Waals surface area contributed by atoms with Crippen LogP contribution in [-0.4, -0.2) is 46.9 Å². The third kappa shape index (κ3) is 4.32. The highest BCUT2D eigenvalue weighted by molar-refractivity contribution is 5.97. The summed E-state index contributed by atoms with van der Waals surface area (Å²) < 4.78 is 1.37. The molecule has 0 atom stereocenters. The summed E-state index contributed by atoms with van der Waals surface area (Å²) in [5, 5.41) is 2.84. The Hall–Kier alpha value is -3.68. The Morgan fingerprint density at radius 3 is 2.53 bits per heavy atom. The van der Waals surface area contributed by atoms with Crippen LogP contribution in [0, 0.1) is 0 Å². The Labute approximate surface area is 173 Å². The maximum Gasteiger partial charge on any atom is 0.316 e. The quantitative estimate of drug-likeness (QED) is 0.602. The van der Waals surface area contributed by atoms with Gasteiger partial charge in [-0.25, -0.2) is 0 Å². The number of carbonyl (C=O) groups is 2. The summed E-state index contributed by atoms with van der Waals surface area (Å²) in [6.07, 6.45) is 0.570. The van der Waals surface area contributed by atoms with Crippen molar-refractivity contribution in [2.45, 2.75) is 19.9 Å². The molecular weight excluding hydrogens is 384 g/mol. The predicted octanol–water partition coefficient (Wildman–Crippen LogP) is 1.38. The van der Waals surface area contributed by atoms with Gasteiger partial charge in [-0.05, 0) is 49.2 Å². The van der Waals surface area contributed by atoms with Crippen molar-refractivity contribution < 1.29 is 9.59 Å². The standard InChI is InChI=1S/C22H24N4O4/c1-4-26-18-9-8-15(13-17(18)24-20(28)22(26)30)19(27)23-11-10-14-6-5-7-16(12-14)21(29)25(2)3/h5-9,12-13H,4,10-11H2,1-3H3,(H,23,27)(H,24,28). The van der Waals surface area contributed by atoms with E-state index in [1.54, 1.807) is 45.3 Å². The Morgan fingerprint density at radius 1 is 1.07 bits per heavy atom. The molecule has 0 saturated carbocycles. The van der Waals surface area contributed by atoms with Gasteiger partial charge in [0.05, 0.1) is 11.0 Å². The minimum Gasteiger partial charge on any atom is -0.352 e. The molecule has 2 aromatic carbocycles. The number of benzene rings is 2. The van der Waals surface area contributed by atoms with Crippen molar-refractivity contribution in [3.8, 4) is 0 Å². The number of aryl methyl sites for hydroxylation is 1. The van der Waals surface area contributed by atoms with Crippen LogP contribution in [0.15, 0.2) is 52.1 Å². The lowest BCUT2D eigenvalue weighted by molar-refractivity contribution is 0.0827. The second-order valence-corrected chi connectivity index (χ2v) is 7.14. The number of amides is 2. The zero-order valence-corrected chi connectivity index (χ0v) is 17.2. The van der Waals surface area contributed by atoms with Crippen molar-refractivity contribution in [2.75, 3.05) is 20.6 Å². The first-order chi connectivity index (χ1) is 14.3. The average molecular weight is 408 g/mol. The topological polar surface area (TPSA) is 104 Å². The molecule has 8 heteroatoms. The van der Waals surface area contributed by atoms with Crippen molar-refractivity contribution in [3.63, 3.8) is 0 Å². The number of aromatic amines is 1. The molecule has 156 valence electrons. The molecule has 3 aromatic rings. The van der Waals surface area contributed by atoms with Crippen LogP contribution in [0.4, 0.5) is 0 Å². The smallest absolute Gasteiger partial charge is 0.316 e. The van der Waals surface area contributed by atoms with Crippen molar-refractivity contribution in [1.29, 1.82) is 0 Å². The molecule has 1 heterocycles. The van der Waals surface area contributed by atoms with Gasteiger partial charge in [-0.15, -0.1) is 0 Å². The molecule has 0 radical (unpaired) electrons. The number of H-pyrrole nitrogens is 1. The number of rotatable bonds is 6. The fourth-order valence-corrected chi connectivity index (χ4v) is 3.27. The van der Waals surface area contributed by atoms with Crippen molar-refractivity contribution in [3.05, 3.63) is 79.9 Å². The molecule has 0 saturated heterocycles. The van der Waals surface area contributed by atoms with Gasteiger partial charge in [0.2, 0.25) is 0 Å². The number of hydrogen-bond acceptors (Lipinski definition) is 4. The number of aromatic nitrogens is 2. The Morgan fingerprint density at radius 2 is 1.83 bits per heavy atom. The minimum absolute atomic E-state index is 0.0726. The molecule has 0 spiro atoms. The van der Waals surface area contributed by atoms with E-state index in [2.05, 4.69) is 10.3 Å². The van der Waals surface area contributed by atoms with E-state index >= 15 is 0 Å². The van der Waals surface area contributed by atoms with Crippen LogP contribution in [0.5, 0.6) is 0 Å². The summed E-state index contributed by atoms with van der Waals surface area (Å²) in [6, 6.07) is 12.1. The second kappa shape index (κ2) is 8.77. The van der Waals surface area contributed by atoms with E-state index in [0.29, 0.717) is 41.7 Å². The SMILES string of the molecule is CCn1c(=O)c(=O)[nH]c2cc(C(=O)NCCc3cccc(C(=O)N(C)C)c3)ccc21. The molecule has 0 bridgehead atoms. The van der Waals surface area contributed by atoms with Gasteiger partial charge in [0.1, 0.15) is 0 Å². The normalized spacial score (nSPS) is 10.8. The maximum absolute atomic E-state index is 12.5. The zero-order chi connectivity index (χ0) is 21.8. The molecule has 0 fully saturated rings. The molecular formula is C22H24N4O4. The third-order valence-electron chi connectivity index (χ3n) is 4.83. The summed E-state index contributed by atoms with van der Waals surface area (Å²) in [5.41, 5.74) is 1.61. The molecule has 0 aliphatic heterocycles.